The quantitative estimate of drug-likeness (QED) is 0.866. The van der Waals surface area contributed by atoms with Crippen molar-refractivity contribution in [2.45, 2.75) is 20.4 Å². The van der Waals surface area contributed by atoms with Crippen molar-refractivity contribution in [1.29, 1.82) is 0 Å². The lowest BCUT2D eigenvalue weighted by Crippen LogP contribution is -2.20. The third kappa shape index (κ3) is 2.37. The van der Waals surface area contributed by atoms with Crippen molar-refractivity contribution in [3.8, 4) is 10.7 Å². The van der Waals surface area contributed by atoms with E-state index in [0.29, 0.717) is 12.5 Å². The molecule has 1 N–H and O–H groups in total. The average Bonchev–Trinajstić information content (AvgIpc) is 2.75. The summed E-state index contributed by atoms with van der Waals surface area (Å²) in [4.78, 5) is 12.6. The molecule has 2 aromatic heterocycles. The Bertz CT molecular complexity index is 540. The minimum atomic E-state index is -0.132. The first kappa shape index (κ1) is 11.8. The van der Waals surface area contributed by atoms with Crippen LogP contribution >= 0.6 is 33.9 Å². The molecule has 0 saturated heterocycles. The van der Waals surface area contributed by atoms with E-state index in [1.165, 1.54) is 2.88 Å². The van der Waals surface area contributed by atoms with Gasteiger partial charge in [-0.15, -0.1) is 11.3 Å². The molecule has 6 heteroatoms. The van der Waals surface area contributed by atoms with Crippen LogP contribution in [-0.2, 0) is 6.54 Å². The molecule has 0 unspecified atom stereocenters. The second kappa shape index (κ2) is 4.70. The van der Waals surface area contributed by atoms with E-state index in [1.54, 1.807) is 15.9 Å². The molecule has 86 valence electrons. The largest absolute Gasteiger partial charge is 0.343 e. The van der Waals surface area contributed by atoms with Gasteiger partial charge >= 0.3 is 5.69 Å². The molecule has 0 saturated carbocycles. The highest BCUT2D eigenvalue weighted by Gasteiger charge is 2.13. The first-order chi connectivity index (χ1) is 7.58. The zero-order valence-electron chi connectivity index (χ0n) is 9.03. The summed E-state index contributed by atoms with van der Waals surface area (Å²) in [6.45, 7) is 4.86. The van der Waals surface area contributed by atoms with E-state index in [0.717, 1.165) is 10.7 Å². The Hall–Kier alpha value is -0.630. The van der Waals surface area contributed by atoms with Crippen molar-refractivity contribution in [3.05, 3.63) is 25.5 Å². The van der Waals surface area contributed by atoms with Crippen LogP contribution in [0.5, 0.6) is 0 Å². The van der Waals surface area contributed by atoms with Crippen molar-refractivity contribution >= 4 is 33.9 Å². The molecule has 0 spiro atoms. The minimum absolute atomic E-state index is 0.132. The zero-order valence-corrected chi connectivity index (χ0v) is 12.0. The van der Waals surface area contributed by atoms with Gasteiger partial charge in [0.25, 0.3) is 0 Å². The van der Waals surface area contributed by atoms with E-state index in [-0.39, 0.29) is 5.69 Å². The molecule has 2 rings (SSSR count). The first-order valence-corrected chi connectivity index (χ1v) is 6.88. The van der Waals surface area contributed by atoms with Crippen molar-refractivity contribution in [3.63, 3.8) is 0 Å². The molecule has 0 bridgehead atoms. The highest BCUT2D eigenvalue weighted by atomic mass is 127. The van der Waals surface area contributed by atoms with Crippen LogP contribution in [0.2, 0.25) is 0 Å². The molecule has 4 nitrogen and oxygen atoms in total. The second-order valence-electron chi connectivity index (χ2n) is 3.96. The molecule has 2 aromatic rings. The summed E-state index contributed by atoms with van der Waals surface area (Å²) in [7, 11) is 0. The molecular weight excluding hydrogens is 337 g/mol. The number of hydrogen-bond acceptors (Lipinski definition) is 3. The topological polar surface area (TPSA) is 50.7 Å². The lowest BCUT2D eigenvalue weighted by atomic mass is 10.2. The number of nitrogens with one attached hydrogen (secondary N) is 1. The Labute approximate surface area is 111 Å². The zero-order chi connectivity index (χ0) is 11.7. The summed E-state index contributed by atoms with van der Waals surface area (Å²) in [5, 5.41) is 6.60. The number of aromatic nitrogens is 3. The summed E-state index contributed by atoms with van der Waals surface area (Å²) in [6.07, 6.45) is 0. The van der Waals surface area contributed by atoms with Gasteiger partial charge in [-0.05, 0) is 40.6 Å². The van der Waals surface area contributed by atoms with Gasteiger partial charge in [0.2, 0.25) is 0 Å². The number of thiophene rings is 1. The van der Waals surface area contributed by atoms with Crippen molar-refractivity contribution in [2.75, 3.05) is 0 Å². The lowest BCUT2D eigenvalue weighted by Gasteiger charge is -2.06. The van der Waals surface area contributed by atoms with Gasteiger partial charge in [0, 0.05) is 6.54 Å². The molecular formula is C10H12IN3OS. The smallest absolute Gasteiger partial charge is 0.274 e. The SMILES string of the molecule is CC(C)Cn1c(-c2ccc(I)s2)n[nH]c1=O. The first-order valence-electron chi connectivity index (χ1n) is 4.99. The Balaban J connectivity index is 2.45. The maximum atomic E-state index is 11.6. The van der Waals surface area contributed by atoms with Crippen LogP contribution in [0.3, 0.4) is 0 Å². The van der Waals surface area contributed by atoms with Gasteiger partial charge in [-0.3, -0.25) is 4.57 Å². The highest BCUT2D eigenvalue weighted by molar-refractivity contribution is 14.1. The molecule has 0 aliphatic carbocycles. The molecule has 0 aliphatic heterocycles. The van der Waals surface area contributed by atoms with Crippen LogP contribution in [0.4, 0.5) is 0 Å². The number of hydrogen-bond donors (Lipinski definition) is 1. The average molecular weight is 349 g/mol. The van der Waals surface area contributed by atoms with Gasteiger partial charge in [0.1, 0.15) is 0 Å². The van der Waals surface area contributed by atoms with Gasteiger partial charge < -0.3 is 0 Å². The molecule has 0 atom stereocenters. The Morgan fingerprint density at radius 1 is 1.56 bits per heavy atom. The lowest BCUT2D eigenvalue weighted by molar-refractivity contribution is 0.515. The van der Waals surface area contributed by atoms with E-state index >= 15 is 0 Å². The van der Waals surface area contributed by atoms with E-state index in [1.807, 2.05) is 12.1 Å². The van der Waals surface area contributed by atoms with E-state index in [4.69, 9.17) is 0 Å². The van der Waals surface area contributed by atoms with Crippen LogP contribution in [-0.4, -0.2) is 14.8 Å². The van der Waals surface area contributed by atoms with Gasteiger partial charge in [-0.25, -0.2) is 9.89 Å². The van der Waals surface area contributed by atoms with Gasteiger partial charge in [-0.1, -0.05) is 13.8 Å². The number of H-pyrrole nitrogens is 1. The number of halogens is 1. The summed E-state index contributed by atoms with van der Waals surface area (Å²) in [5.41, 5.74) is -0.132. The van der Waals surface area contributed by atoms with Crippen LogP contribution in [0, 0.1) is 8.80 Å². The standard InChI is InChI=1S/C10H12IN3OS/c1-6(2)5-14-9(12-13-10(14)15)7-3-4-8(11)16-7/h3-4,6H,5H2,1-2H3,(H,13,15). The van der Waals surface area contributed by atoms with Gasteiger partial charge in [-0.2, -0.15) is 5.10 Å². The van der Waals surface area contributed by atoms with Gasteiger partial charge in [0.15, 0.2) is 5.82 Å². The predicted octanol–water partition coefficient (Wildman–Crippen LogP) is 2.56. The third-order valence-electron chi connectivity index (χ3n) is 2.10. The molecule has 0 aliphatic rings. The highest BCUT2D eigenvalue weighted by Crippen LogP contribution is 2.26. The minimum Gasteiger partial charge on any atom is -0.274 e. The van der Waals surface area contributed by atoms with Crippen LogP contribution in [0.15, 0.2) is 16.9 Å². The monoisotopic (exact) mass is 349 g/mol. The number of rotatable bonds is 3. The van der Waals surface area contributed by atoms with Crippen LogP contribution in [0.1, 0.15) is 13.8 Å². The van der Waals surface area contributed by atoms with E-state index in [9.17, 15) is 4.79 Å². The van der Waals surface area contributed by atoms with Crippen LogP contribution in [0.25, 0.3) is 10.7 Å². The maximum Gasteiger partial charge on any atom is 0.343 e. The second-order valence-corrected chi connectivity index (χ2v) is 6.94. The van der Waals surface area contributed by atoms with Crippen molar-refractivity contribution in [1.82, 2.24) is 14.8 Å². The molecule has 0 radical (unpaired) electrons. The Kier molecular flexibility index (Phi) is 3.48. The molecule has 2 heterocycles. The summed E-state index contributed by atoms with van der Waals surface area (Å²) >= 11 is 3.90. The van der Waals surface area contributed by atoms with Crippen molar-refractivity contribution in [2.24, 2.45) is 5.92 Å². The predicted molar refractivity (Wildman–Crippen MR) is 73.7 cm³/mol. The maximum absolute atomic E-state index is 11.6. The third-order valence-corrected chi connectivity index (χ3v) is 3.99. The van der Waals surface area contributed by atoms with Crippen molar-refractivity contribution < 1.29 is 0 Å². The fourth-order valence-electron chi connectivity index (χ4n) is 1.47. The van der Waals surface area contributed by atoms with Crippen LogP contribution < -0.4 is 5.69 Å². The van der Waals surface area contributed by atoms with E-state index < -0.39 is 0 Å². The molecule has 0 amide bonds. The van der Waals surface area contributed by atoms with E-state index in [2.05, 4.69) is 46.6 Å². The van der Waals surface area contributed by atoms with Gasteiger partial charge in [0.05, 0.1) is 7.76 Å². The summed E-state index contributed by atoms with van der Waals surface area (Å²) in [5.74, 6) is 1.17. The molecule has 0 fully saturated rings. The fourth-order valence-corrected chi connectivity index (χ4v) is 3.10. The number of nitrogens with zero attached hydrogens (tertiary/aromatic N) is 2. The summed E-state index contributed by atoms with van der Waals surface area (Å²) < 4.78 is 2.89. The Morgan fingerprint density at radius 2 is 2.31 bits per heavy atom. The normalized spacial score (nSPS) is 11.2. The Morgan fingerprint density at radius 3 is 2.88 bits per heavy atom. The molecule has 16 heavy (non-hydrogen) atoms. The number of aromatic amines is 1. The summed E-state index contributed by atoms with van der Waals surface area (Å²) in [6, 6.07) is 4.03. The fraction of sp³-hybridized carbons (Fsp3) is 0.400. The molecule has 0 aromatic carbocycles.